The van der Waals surface area contributed by atoms with Crippen LogP contribution in [0.2, 0.25) is 0 Å². The number of ketones is 1. The number of carbonyl (C=O) groups excluding carboxylic acids is 1. The summed E-state index contributed by atoms with van der Waals surface area (Å²) in [5.74, 6) is -2.18. The first-order valence-electron chi connectivity index (χ1n) is 6.69. The van der Waals surface area contributed by atoms with Gasteiger partial charge in [0.15, 0.2) is 17.4 Å². The van der Waals surface area contributed by atoms with Gasteiger partial charge in [0.05, 0.1) is 6.54 Å². The van der Waals surface area contributed by atoms with Crippen LogP contribution in [0, 0.1) is 11.6 Å². The Morgan fingerprint density at radius 3 is 2.48 bits per heavy atom. The van der Waals surface area contributed by atoms with Crippen LogP contribution in [-0.4, -0.2) is 28.8 Å². The fourth-order valence-corrected chi connectivity index (χ4v) is 1.99. The fourth-order valence-electron chi connectivity index (χ4n) is 1.99. The number of rotatable bonds is 6. The van der Waals surface area contributed by atoms with E-state index in [1.165, 1.54) is 6.07 Å². The third-order valence-electron chi connectivity index (χ3n) is 3.21. The van der Waals surface area contributed by atoms with E-state index in [1.54, 1.807) is 12.4 Å². The third-order valence-corrected chi connectivity index (χ3v) is 3.21. The first-order chi connectivity index (χ1) is 10.1. The highest BCUT2D eigenvalue weighted by atomic mass is 19.2. The number of hydrogen-bond acceptors (Lipinski definition) is 3. The Balaban J connectivity index is 2.04. The van der Waals surface area contributed by atoms with Gasteiger partial charge in [-0.2, -0.15) is 0 Å². The van der Waals surface area contributed by atoms with Crippen molar-refractivity contribution in [3.8, 4) is 0 Å². The molecule has 0 atom stereocenters. The second kappa shape index (κ2) is 7.04. The summed E-state index contributed by atoms with van der Waals surface area (Å²) in [7, 11) is 0. The highest BCUT2D eigenvalue weighted by Crippen LogP contribution is 2.11. The van der Waals surface area contributed by atoms with E-state index >= 15 is 0 Å². The van der Waals surface area contributed by atoms with Crippen LogP contribution >= 0.6 is 0 Å². The molecule has 0 spiro atoms. The lowest BCUT2D eigenvalue weighted by molar-refractivity contribution is 0.0929. The van der Waals surface area contributed by atoms with Gasteiger partial charge < -0.3 is 0 Å². The average Bonchev–Trinajstić information content (AvgIpc) is 2.50. The molecule has 1 aromatic carbocycles. The van der Waals surface area contributed by atoms with Crippen molar-refractivity contribution in [3.05, 3.63) is 65.5 Å². The van der Waals surface area contributed by atoms with Crippen LogP contribution < -0.4 is 0 Å². The number of aromatic nitrogens is 1. The van der Waals surface area contributed by atoms with E-state index in [0.717, 1.165) is 17.7 Å². The SMILES string of the molecule is CCN(CC(=O)c1ccc(F)c(F)c1)Cc1ccncc1. The minimum absolute atomic E-state index is 0.157. The minimum Gasteiger partial charge on any atom is -0.293 e. The lowest BCUT2D eigenvalue weighted by Crippen LogP contribution is -2.29. The number of benzene rings is 1. The summed E-state index contributed by atoms with van der Waals surface area (Å²) < 4.78 is 26.0. The molecule has 110 valence electrons. The lowest BCUT2D eigenvalue weighted by atomic mass is 10.1. The second-order valence-corrected chi connectivity index (χ2v) is 4.71. The van der Waals surface area contributed by atoms with Crippen LogP contribution in [0.25, 0.3) is 0 Å². The predicted octanol–water partition coefficient (Wildman–Crippen LogP) is 3.06. The third kappa shape index (κ3) is 4.16. The summed E-state index contributed by atoms with van der Waals surface area (Å²) in [5.41, 5.74) is 1.23. The van der Waals surface area contributed by atoms with E-state index in [1.807, 2.05) is 24.0 Å². The quantitative estimate of drug-likeness (QED) is 0.767. The number of carbonyl (C=O) groups is 1. The summed E-state index contributed by atoms with van der Waals surface area (Å²) in [5, 5.41) is 0. The van der Waals surface area contributed by atoms with Crippen LogP contribution in [0.3, 0.4) is 0 Å². The zero-order chi connectivity index (χ0) is 15.2. The van der Waals surface area contributed by atoms with E-state index in [4.69, 9.17) is 0 Å². The van der Waals surface area contributed by atoms with E-state index in [0.29, 0.717) is 13.1 Å². The van der Waals surface area contributed by atoms with Crippen molar-refractivity contribution in [3.63, 3.8) is 0 Å². The molecule has 0 aliphatic carbocycles. The van der Waals surface area contributed by atoms with E-state index in [2.05, 4.69) is 4.98 Å². The molecular formula is C16H16F2N2O. The van der Waals surface area contributed by atoms with Gasteiger partial charge in [-0.3, -0.25) is 14.7 Å². The van der Waals surface area contributed by atoms with Crippen LogP contribution in [0.1, 0.15) is 22.8 Å². The standard InChI is InChI=1S/C16H16F2N2O/c1-2-20(10-12-5-7-19-8-6-12)11-16(21)13-3-4-14(17)15(18)9-13/h3-9H,2,10-11H2,1H3. The minimum atomic E-state index is -1.00. The van der Waals surface area contributed by atoms with Crippen LogP contribution in [0.5, 0.6) is 0 Å². The summed E-state index contributed by atoms with van der Waals surface area (Å²) in [4.78, 5) is 18.0. The monoisotopic (exact) mass is 290 g/mol. The van der Waals surface area contributed by atoms with Crippen molar-refractivity contribution >= 4 is 5.78 Å². The Hall–Kier alpha value is -2.14. The molecule has 0 bridgehead atoms. The van der Waals surface area contributed by atoms with Gasteiger partial charge in [0, 0.05) is 24.5 Å². The van der Waals surface area contributed by atoms with Gasteiger partial charge in [-0.25, -0.2) is 8.78 Å². The van der Waals surface area contributed by atoms with Crippen molar-refractivity contribution in [2.75, 3.05) is 13.1 Å². The molecule has 0 radical (unpaired) electrons. The Bertz CT molecular complexity index is 617. The summed E-state index contributed by atoms with van der Waals surface area (Å²) in [6, 6.07) is 6.98. The molecule has 3 nitrogen and oxygen atoms in total. The Morgan fingerprint density at radius 2 is 1.86 bits per heavy atom. The highest BCUT2D eigenvalue weighted by molar-refractivity contribution is 5.97. The Morgan fingerprint density at radius 1 is 1.14 bits per heavy atom. The molecule has 0 aliphatic heterocycles. The number of pyridine rings is 1. The average molecular weight is 290 g/mol. The Labute approximate surface area is 122 Å². The molecule has 2 rings (SSSR count). The molecular weight excluding hydrogens is 274 g/mol. The van der Waals surface area contributed by atoms with E-state index in [-0.39, 0.29) is 17.9 Å². The van der Waals surface area contributed by atoms with Crippen LogP contribution in [-0.2, 0) is 6.54 Å². The van der Waals surface area contributed by atoms with Gasteiger partial charge in [-0.15, -0.1) is 0 Å². The van der Waals surface area contributed by atoms with E-state index in [9.17, 15) is 13.6 Å². The van der Waals surface area contributed by atoms with Gasteiger partial charge in [0.25, 0.3) is 0 Å². The maximum Gasteiger partial charge on any atom is 0.176 e. The zero-order valence-corrected chi connectivity index (χ0v) is 11.7. The number of likely N-dealkylation sites (N-methyl/N-ethyl adjacent to an activating group) is 1. The fraction of sp³-hybridized carbons (Fsp3) is 0.250. The molecule has 0 unspecified atom stereocenters. The van der Waals surface area contributed by atoms with Gasteiger partial charge in [-0.05, 0) is 42.4 Å². The van der Waals surface area contributed by atoms with Gasteiger partial charge >= 0.3 is 0 Å². The first-order valence-corrected chi connectivity index (χ1v) is 6.69. The van der Waals surface area contributed by atoms with Gasteiger partial charge in [0.2, 0.25) is 0 Å². The predicted molar refractivity (Wildman–Crippen MR) is 75.9 cm³/mol. The number of Topliss-reactive ketones (excluding diaryl/α,β-unsaturated/α-hetero) is 1. The number of hydrogen-bond donors (Lipinski definition) is 0. The molecule has 5 heteroatoms. The number of nitrogens with zero attached hydrogens (tertiary/aromatic N) is 2. The Kier molecular flexibility index (Phi) is 5.11. The molecule has 0 saturated carbocycles. The highest BCUT2D eigenvalue weighted by Gasteiger charge is 2.13. The molecule has 0 amide bonds. The normalized spacial score (nSPS) is 10.9. The van der Waals surface area contributed by atoms with Gasteiger partial charge in [0.1, 0.15) is 0 Å². The maximum atomic E-state index is 13.2. The van der Waals surface area contributed by atoms with Crippen molar-refractivity contribution < 1.29 is 13.6 Å². The molecule has 1 heterocycles. The molecule has 21 heavy (non-hydrogen) atoms. The smallest absolute Gasteiger partial charge is 0.176 e. The van der Waals surface area contributed by atoms with Crippen molar-refractivity contribution in [2.24, 2.45) is 0 Å². The van der Waals surface area contributed by atoms with Crippen molar-refractivity contribution in [1.82, 2.24) is 9.88 Å². The first kappa shape index (κ1) is 15.3. The van der Waals surface area contributed by atoms with Gasteiger partial charge in [-0.1, -0.05) is 6.92 Å². The number of halogens is 2. The maximum absolute atomic E-state index is 13.2. The van der Waals surface area contributed by atoms with Crippen LogP contribution in [0.4, 0.5) is 8.78 Å². The summed E-state index contributed by atoms with van der Waals surface area (Å²) in [6.07, 6.45) is 3.39. The molecule has 2 aromatic rings. The molecule has 0 N–H and O–H groups in total. The lowest BCUT2D eigenvalue weighted by Gasteiger charge is -2.19. The summed E-state index contributed by atoms with van der Waals surface area (Å²) in [6.45, 7) is 3.38. The molecule has 1 aromatic heterocycles. The second-order valence-electron chi connectivity index (χ2n) is 4.71. The summed E-state index contributed by atoms with van der Waals surface area (Å²) >= 11 is 0. The molecule has 0 aliphatic rings. The molecule has 0 fully saturated rings. The van der Waals surface area contributed by atoms with Crippen molar-refractivity contribution in [1.29, 1.82) is 0 Å². The topological polar surface area (TPSA) is 33.2 Å². The largest absolute Gasteiger partial charge is 0.293 e. The zero-order valence-electron chi connectivity index (χ0n) is 11.7. The van der Waals surface area contributed by atoms with Crippen molar-refractivity contribution in [2.45, 2.75) is 13.5 Å². The molecule has 0 saturated heterocycles. The van der Waals surface area contributed by atoms with E-state index < -0.39 is 11.6 Å². The van der Waals surface area contributed by atoms with Crippen LogP contribution in [0.15, 0.2) is 42.7 Å².